The van der Waals surface area contributed by atoms with Gasteiger partial charge in [-0.2, -0.15) is 0 Å². The molecule has 0 bridgehead atoms. The second-order valence-corrected chi connectivity index (χ2v) is 5.46. The number of nitrogens with two attached hydrogens (primary N) is 1. The van der Waals surface area contributed by atoms with Gasteiger partial charge in [0.1, 0.15) is 30.2 Å². The number of azide groups is 1. The summed E-state index contributed by atoms with van der Waals surface area (Å²) in [6.45, 7) is 0.223. The zero-order valence-corrected chi connectivity index (χ0v) is 13.2. The molecule has 4 atom stereocenters. The van der Waals surface area contributed by atoms with E-state index in [2.05, 4.69) is 25.0 Å². The van der Waals surface area contributed by atoms with Crippen molar-refractivity contribution in [2.45, 2.75) is 31.0 Å². The number of aromatic nitrogens is 4. The van der Waals surface area contributed by atoms with E-state index < -0.39 is 24.5 Å². The Kier molecular flexibility index (Phi) is 5.26. The molecule has 0 amide bonds. The van der Waals surface area contributed by atoms with Crippen LogP contribution >= 0.6 is 0 Å². The Morgan fingerprint density at radius 2 is 2.28 bits per heavy atom. The van der Waals surface area contributed by atoms with Crippen LogP contribution < -0.4 is 5.73 Å². The lowest BCUT2D eigenvalue weighted by Gasteiger charge is -2.19. The SMILES string of the molecule is [N-]=[N+]=NCCCO[C@H]1[C@@H](O)[C@H](n2cnc3c(N)ncnc32)O[C@@H]1CO. The van der Waals surface area contributed by atoms with Gasteiger partial charge in [-0.15, -0.1) is 0 Å². The molecule has 1 fully saturated rings. The van der Waals surface area contributed by atoms with Crippen LogP contribution in [-0.2, 0) is 9.47 Å². The molecule has 2 aromatic rings. The molecule has 0 aromatic carbocycles. The number of nitrogen functional groups attached to an aromatic ring is 1. The predicted octanol–water partition coefficient (Wildman–Crippen LogP) is -0.255. The normalized spacial score (nSPS) is 26.0. The third-order valence-corrected chi connectivity index (χ3v) is 3.93. The Balaban J connectivity index is 1.76. The monoisotopic (exact) mass is 350 g/mol. The Labute approximate surface area is 141 Å². The highest BCUT2D eigenvalue weighted by Gasteiger charge is 2.45. The summed E-state index contributed by atoms with van der Waals surface area (Å²) in [7, 11) is 0. The van der Waals surface area contributed by atoms with Gasteiger partial charge in [-0.3, -0.25) is 4.57 Å². The van der Waals surface area contributed by atoms with E-state index in [1.165, 1.54) is 17.2 Å². The smallest absolute Gasteiger partial charge is 0.167 e. The van der Waals surface area contributed by atoms with E-state index in [4.69, 9.17) is 20.7 Å². The maximum atomic E-state index is 10.6. The first-order valence-electron chi connectivity index (χ1n) is 7.67. The highest BCUT2D eigenvalue weighted by Crippen LogP contribution is 2.33. The summed E-state index contributed by atoms with van der Waals surface area (Å²) in [5, 5.41) is 23.5. The standard InChI is InChI=1S/C13H18N8O4/c14-11-8-12(17-5-16-11)21(6-18-8)13-9(23)10(7(4-22)25-13)24-3-1-2-19-20-15/h5-7,9-10,13,22-23H,1-4H2,(H2,14,16,17)/t7-,9-,10-,13-/m1/s1. The van der Waals surface area contributed by atoms with Gasteiger partial charge in [0.25, 0.3) is 0 Å². The molecule has 134 valence electrons. The third kappa shape index (κ3) is 3.34. The van der Waals surface area contributed by atoms with E-state index in [1.54, 1.807) is 0 Å². The predicted molar refractivity (Wildman–Crippen MR) is 85.1 cm³/mol. The highest BCUT2D eigenvalue weighted by molar-refractivity contribution is 5.81. The van der Waals surface area contributed by atoms with Gasteiger partial charge < -0.3 is 25.4 Å². The highest BCUT2D eigenvalue weighted by atomic mass is 16.6. The minimum absolute atomic E-state index is 0.223. The summed E-state index contributed by atoms with van der Waals surface area (Å²) < 4.78 is 12.9. The third-order valence-electron chi connectivity index (χ3n) is 3.93. The molecule has 3 heterocycles. The van der Waals surface area contributed by atoms with Crippen molar-refractivity contribution in [2.24, 2.45) is 5.11 Å². The number of fused-ring (bicyclic) bond motifs is 1. The molecular formula is C13H18N8O4. The fourth-order valence-electron chi connectivity index (χ4n) is 2.76. The Morgan fingerprint density at radius 1 is 1.44 bits per heavy atom. The van der Waals surface area contributed by atoms with E-state index in [9.17, 15) is 10.2 Å². The molecule has 1 saturated heterocycles. The van der Waals surface area contributed by atoms with E-state index in [0.29, 0.717) is 17.6 Å². The lowest BCUT2D eigenvalue weighted by atomic mass is 10.1. The van der Waals surface area contributed by atoms with Crippen molar-refractivity contribution in [3.05, 3.63) is 23.1 Å². The van der Waals surface area contributed by atoms with E-state index in [-0.39, 0.29) is 25.6 Å². The minimum atomic E-state index is -1.05. The summed E-state index contributed by atoms with van der Waals surface area (Å²) in [5.74, 6) is 0.223. The first-order valence-corrected chi connectivity index (χ1v) is 7.67. The fraction of sp³-hybridized carbons (Fsp3) is 0.615. The maximum Gasteiger partial charge on any atom is 0.167 e. The second kappa shape index (κ2) is 7.59. The molecule has 4 N–H and O–H groups in total. The number of rotatable bonds is 7. The Bertz CT molecular complexity index is 776. The summed E-state index contributed by atoms with van der Waals surface area (Å²) in [6, 6.07) is 0. The minimum Gasteiger partial charge on any atom is -0.394 e. The first kappa shape index (κ1) is 17.3. The molecule has 12 nitrogen and oxygen atoms in total. The summed E-state index contributed by atoms with van der Waals surface area (Å²) >= 11 is 0. The number of hydrogen-bond donors (Lipinski definition) is 3. The summed E-state index contributed by atoms with van der Waals surface area (Å²) in [4.78, 5) is 14.8. The van der Waals surface area contributed by atoms with Gasteiger partial charge >= 0.3 is 0 Å². The van der Waals surface area contributed by atoms with Gasteiger partial charge in [-0.25, -0.2) is 15.0 Å². The van der Waals surface area contributed by atoms with Crippen LogP contribution in [0.2, 0.25) is 0 Å². The zero-order valence-electron chi connectivity index (χ0n) is 13.2. The number of aliphatic hydroxyl groups excluding tert-OH is 2. The van der Waals surface area contributed by atoms with Crippen molar-refractivity contribution in [1.82, 2.24) is 19.5 Å². The van der Waals surface area contributed by atoms with E-state index in [0.717, 1.165) is 0 Å². The molecule has 0 saturated carbocycles. The lowest BCUT2D eigenvalue weighted by Crippen LogP contribution is -2.36. The van der Waals surface area contributed by atoms with Crippen LogP contribution in [0.25, 0.3) is 21.6 Å². The number of imidazole rings is 1. The average Bonchev–Trinajstić information content (AvgIpc) is 3.17. The van der Waals surface area contributed by atoms with Gasteiger partial charge in [0, 0.05) is 18.1 Å². The number of hydrogen-bond acceptors (Lipinski definition) is 9. The topological polar surface area (TPSA) is 177 Å². The molecule has 1 aliphatic heterocycles. The van der Waals surface area contributed by atoms with Crippen molar-refractivity contribution < 1.29 is 19.7 Å². The van der Waals surface area contributed by atoms with Crippen LogP contribution in [-0.4, -0.2) is 67.8 Å². The van der Waals surface area contributed by atoms with Gasteiger partial charge in [0.05, 0.1) is 12.9 Å². The number of ether oxygens (including phenoxy) is 2. The molecule has 0 unspecified atom stereocenters. The van der Waals surface area contributed by atoms with Crippen LogP contribution in [0.4, 0.5) is 5.82 Å². The second-order valence-electron chi connectivity index (χ2n) is 5.46. The molecule has 3 rings (SSSR count). The maximum absolute atomic E-state index is 10.6. The van der Waals surface area contributed by atoms with Gasteiger partial charge in [0.15, 0.2) is 17.7 Å². The van der Waals surface area contributed by atoms with Gasteiger partial charge in [-0.05, 0) is 12.0 Å². The van der Waals surface area contributed by atoms with Gasteiger partial charge in [-0.1, -0.05) is 5.11 Å². The van der Waals surface area contributed by atoms with Crippen molar-refractivity contribution >= 4 is 17.0 Å². The van der Waals surface area contributed by atoms with Crippen LogP contribution in [0.15, 0.2) is 17.8 Å². The lowest BCUT2D eigenvalue weighted by molar-refractivity contribution is -0.0605. The molecule has 25 heavy (non-hydrogen) atoms. The number of aliphatic hydroxyl groups is 2. The van der Waals surface area contributed by atoms with Gasteiger partial charge in [0.2, 0.25) is 0 Å². The number of nitrogens with zero attached hydrogens (tertiary/aromatic N) is 7. The molecular weight excluding hydrogens is 332 g/mol. The largest absolute Gasteiger partial charge is 0.394 e. The van der Waals surface area contributed by atoms with Crippen molar-refractivity contribution in [2.75, 3.05) is 25.5 Å². The molecule has 12 heteroatoms. The van der Waals surface area contributed by atoms with Crippen LogP contribution in [0.5, 0.6) is 0 Å². The number of anilines is 1. The zero-order chi connectivity index (χ0) is 17.8. The molecule has 2 aromatic heterocycles. The van der Waals surface area contributed by atoms with E-state index in [1.807, 2.05) is 0 Å². The fourth-order valence-corrected chi connectivity index (χ4v) is 2.76. The Morgan fingerprint density at radius 3 is 3.04 bits per heavy atom. The van der Waals surface area contributed by atoms with Crippen molar-refractivity contribution in [1.29, 1.82) is 0 Å². The van der Waals surface area contributed by atoms with Crippen molar-refractivity contribution in [3.8, 4) is 0 Å². The quantitative estimate of drug-likeness (QED) is 0.264. The van der Waals surface area contributed by atoms with Crippen molar-refractivity contribution in [3.63, 3.8) is 0 Å². The van der Waals surface area contributed by atoms with E-state index >= 15 is 0 Å². The molecule has 0 spiro atoms. The van der Waals surface area contributed by atoms with Crippen LogP contribution in [0.3, 0.4) is 0 Å². The Hall–Kier alpha value is -2.50. The van der Waals surface area contributed by atoms with Crippen LogP contribution in [0.1, 0.15) is 12.6 Å². The summed E-state index contributed by atoms with van der Waals surface area (Å²) in [5.41, 5.74) is 14.8. The summed E-state index contributed by atoms with van der Waals surface area (Å²) in [6.07, 6.45) is -0.0992. The molecule has 1 aliphatic rings. The first-order chi connectivity index (χ1) is 12.2. The molecule has 0 radical (unpaired) electrons. The van der Waals surface area contributed by atoms with Crippen LogP contribution in [0, 0.1) is 0 Å². The molecule has 0 aliphatic carbocycles. The average molecular weight is 350 g/mol.